The molecule has 2 aromatic carbocycles. The van der Waals surface area contributed by atoms with Gasteiger partial charge in [-0.2, -0.15) is 10.1 Å². The van der Waals surface area contributed by atoms with Crippen molar-refractivity contribution in [3.05, 3.63) is 77.4 Å². The maximum absolute atomic E-state index is 13.7. The first-order valence-electron chi connectivity index (χ1n) is 15.7. The summed E-state index contributed by atoms with van der Waals surface area (Å²) in [5, 5.41) is 28.7. The second-order valence-electron chi connectivity index (χ2n) is 13.9. The second-order valence-corrected chi connectivity index (χ2v) is 13.9. The van der Waals surface area contributed by atoms with Crippen LogP contribution in [0.3, 0.4) is 0 Å². The van der Waals surface area contributed by atoms with Crippen LogP contribution in [0, 0.1) is 34.4 Å². The summed E-state index contributed by atoms with van der Waals surface area (Å²) in [6.07, 6.45) is 7.45. The third-order valence-corrected chi connectivity index (χ3v) is 11.8. The van der Waals surface area contributed by atoms with Crippen molar-refractivity contribution in [1.29, 1.82) is 0 Å². The molecule has 4 aliphatic carbocycles. The van der Waals surface area contributed by atoms with E-state index in [2.05, 4.69) is 28.1 Å². The fraction of sp³-hybridized carbons (Fsp3) is 0.457. The lowest BCUT2D eigenvalue weighted by Gasteiger charge is -2.60. The number of fused-ring (bicyclic) bond motifs is 7. The highest BCUT2D eigenvalue weighted by Crippen LogP contribution is 2.67. The highest BCUT2D eigenvalue weighted by atomic mass is 19.1. The number of imidazole rings is 1. The van der Waals surface area contributed by atoms with Crippen molar-refractivity contribution in [2.75, 3.05) is 6.61 Å². The minimum Gasteiger partial charge on any atom is -0.457 e. The molecule has 3 fully saturated rings. The SMILES string of the molecule is CC12Cc3cnn(-c4ccc(F)cc4)c3C=C1CCC1C2[C@@H](O)CC2(C)C1CC[C@]2(O)C(=O)COc1nc2ccccc2[nH]1. The lowest BCUT2D eigenvalue weighted by molar-refractivity contribution is -0.180. The summed E-state index contributed by atoms with van der Waals surface area (Å²) < 4.78 is 21.2. The Balaban J connectivity index is 1.05. The van der Waals surface area contributed by atoms with E-state index in [1.807, 2.05) is 42.1 Å². The maximum Gasteiger partial charge on any atom is 0.295 e. The van der Waals surface area contributed by atoms with E-state index >= 15 is 0 Å². The van der Waals surface area contributed by atoms with Gasteiger partial charge in [-0.1, -0.05) is 31.6 Å². The molecule has 9 heteroatoms. The van der Waals surface area contributed by atoms with E-state index in [4.69, 9.17) is 4.74 Å². The topological polar surface area (TPSA) is 113 Å². The van der Waals surface area contributed by atoms with Crippen molar-refractivity contribution in [3.63, 3.8) is 0 Å². The number of benzene rings is 2. The highest BCUT2D eigenvalue weighted by molar-refractivity contribution is 5.90. The Morgan fingerprint density at radius 3 is 2.75 bits per heavy atom. The van der Waals surface area contributed by atoms with Gasteiger partial charge in [0.1, 0.15) is 11.4 Å². The number of hydrogen-bond donors (Lipinski definition) is 3. The molecule has 8 rings (SSSR count). The number of H-pyrrole nitrogens is 1. The van der Waals surface area contributed by atoms with Crippen molar-refractivity contribution in [3.8, 4) is 11.7 Å². The van der Waals surface area contributed by atoms with Gasteiger partial charge in [0.25, 0.3) is 6.01 Å². The van der Waals surface area contributed by atoms with Gasteiger partial charge >= 0.3 is 0 Å². The predicted molar refractivity (Wildman–Crippen MR) is 163 cm³/mol. The van der Waals surface area contributed by atoms with E-state index in [9.17, 15) is 19.4 Å². The molecule has 4 aliphatic rings. The molecule has 0 radical (unpaired) electrons. The highest BCUT2D eigenvalue weighted by Gasteiger charge is 2.68. The van der Waals surface area contributed by atoms with E-state index in [-0.39, 0.29) is 47.4 Å². The van der Waals surface area contributed by atoms with Crippen molar-refractivity contribution < 1.29 is 24.1 Å². The number of nitrogens with one attached hydrogen (secondary N) is 1. The Kier molecular flexibility index (Phi) is 6.04. The molecule has 228 valence electrons. The van der Waals surface area contributed by atoms with Gasteiger partial charge in [-0.05, 0) is 110 Å². The fourth-order valence-corrected chi connectivity index (χ4v) is 9.69. The molecule has 3 N–H and O–H groups in total. The number of nitrogens with zero attached hydrogens (tertiary/aromatic N) is 3. The van der Waals surface area contributed by atoms with Crippen molar-refractivity contribution in [1.82, 2.24) is 19.7 Å². The van der Waals surface area contributed by atoms with Crippen LogP contribution in [0.15, 0.2) is 60.3 Å². The van der Waals surface area contributed by atoms with Crippen molar-refractivity contribution >= 4 is 22.9 Å². The molecule has 5 unspecified atom stereocenters. The number of ketones is 1. The van der Waals surface area contributed by atoms with Crippen molar-refractivity contribution in [2.45, 2.75) is 64.1 Å². The quantitative estimate of drug-likeness (QED) is 0.284. The average Bonchev–Trinajstić information content (AvgIpc) is 3.68. The molecule has 8 nitrogen and oxygen atoms in total. The molecule has 2 aromatic heterocycles. The van der Waals surface area contributed by atoms with E-state index in [0.29, 0.717) is 12.8 Å². The van der Waals surface area contributed by atoms with Gasteiger partial charge in [0.2, 0.25) is 5.78 Å². The van der Waals surface area contributed by atoms with Crippen LogP contribution in [0.2, 0.25) is 0 Å². The predicted octanol–water partition coefficient (Wildman–Crippen LogP) is 5.42. The number of ether oxygens (including phenoxy) is 1. The number of allylic oxidation sites excluding steroid dienone is 1. The number of Topliss-reactive ketones (excluding diaryl/α,β-unsaturated/α-hetero) is 1. The molecule has 0 spiro atoms. The number of aromatic amines is 1. The normalized spacial score (nSPS) is 34.1. The molecular formula is C35H37FN4O4. The molecule has 3 saturated carbocycles. The Labute approximate surface area is 255 Å². The average molecular weight is 597 g/mol. The van der Waals surface area contributed by atoms with Crippen molar-refractivity contribution in [2.24, 2.45) is 28.6 Å². The summed E-state index contributed by atoms with van der Waals surface area (Å²) >= 11 is 0. The van der Waals surface area contributed by atoms with Gasteiger partial charge in [0, 0.05) is 5.41 Å². The number of halogens is 1. The molecule has 0 aliphatic heterocycles. The van der Waals surface area contributed by atoms with Crippen LogP contribution in [-0.4, -0.2) is 54.1 Å². The van der Waals surface area contributed by atoms with Gasteiger partial charge in [-0.25, -0.2) is 9.07 Å². The Morgan fingerprint density at radius 2 is 1.95 bits per heavy atom. The fourth-order valence-electron chi connectivity index (χ4n) is 9.69. The monoisotopic (exact) mass is 596 g/mol. The maximum atomic E-state index is 13.7. The van der Waals surface area contributed by atoms with Gasteiger partial charge in [0.15, 0.2) is 6.61 Å². The summed E-state index contributed by atoms with van der Waals surface area (Å²) in [5.41, 5.74) is 3.22. The summed E-state index contributed by atoms with van der Waals surface area (Å²) in [6, 6.07) is 14.2. The number of aromatic nitrogens is 4. The molecule has 0 amide bonds. The van der Waals surface area contributed by atoms with Crippen LogP contribution in [0.4, 0.5) is 4.39 Å². The van der Waals surface area contributed by atoms with E-state index < -0.39 is 17.1 Å². The van der Waals surface area contributed by atoms with Gasteiger partial charge in [-0.3, -0.25) is 4.79 Å². The number of rotatable bonds is 5. The lowest BCUT2D eigenvalue weighted by atomic mass is 9.45. The Hall–Kier alpha value is -3.82. The summed E-state index contributed by atoms with van der Waals surface area (Å²) in [6.45, 7) is 3.99. The van der Waals surface area contributed by atoms with Crippen LogP contribution in [-0.2, 0) is 11.2 Å². The van der Waals surface area contributed by atoms with Gasteiger partial charge in [0.05, 0.1) is 34.7 Å². The number of carbonyl (C=O) groups excluding carboxylic acids is 1. The van der Waals surface area contributed by atoms with Crippen LogP contribution in [0.1, 0.15) is 57.2 Å². The second kappa shape index (κ2) is 9.59. The number of carbonyl (C=O) groups is 1. The summed E-state index contributed by atoms with van der Waals surface area (Å²) in [4.78, 5) is 21.2. The number of para-hydroxylation sites is 2. The standard InChI is InChI=1S/C35H37FN4O4/c1-33-16-20-18-37-40(23-10-8-22(36)9-11-23)28(20)15-21(33)7-12-24-25-13-14-35(43,34(25,2)17-29(41)31(24)33)30(42)19-44-32-38-26-5-3-4-6-27(26)39-32/h3-6,8-11,15,18,24-25,29,31,41,43H,7,12-14,16-17,19H2,1-2H3,(H,38,39)/t24?,25?,29-,31?,33?,34?,35-/m0/s1. The minimum atomic E-state index is -1.58. The molecule has 0 saturated heterocycles. The zero-order chi connectivity index (χ0) is 30.4. The first-order valence-corrected chi connectivity index (χ1v) is 15.7. The first kappa shape index (κ1) is 27.7. The molecule has 2 heterocycles. The van der Waals surface area contributed by atoms with Gasteiger partial charge in [-0.15, -0.1) is 0 Å². The number of aliphatic hydroxyl groups is 2. The van der Waals surface area contributed by atoms with E-state index in [1.165, 1.54) is 17.7 Å². The molecule has 44 heavy (non-hydrogen) atoms. The first-order chi connectivity index (χ1) is 21.1. The third-order valence-electron chi connectivity index (χ3n) is 11.8. The minimum absolute atomic E-state index is 0.00662. The largest absolute Gasteiger partial charge is 0.457 e. The molecule has 0 bridgehead atoms. The zero-order valence-corrected chi connectivity index (χ0v) is 25.0. The van der Waals surface area contributed by atoms with E-state index in [1.54, 1.807) is 12.1 Å². The van der Waals surface area contributed by atoms with Crippen LogP contribution in [0.5, 0.6) is 6.01 Å². The molecule has 7 atom stereocenters. The number of aliphatic hydroxyl groups excluding tert-OH is 1. The summed E-state index contributed by atoms with van der Waals surface area (Å²) in [5.74, 6) is -0.342. The number of hydrogen-bond acceptors (Lipinski definition) is 6. The molecular weight excluding hydrogens is 559 g/mol. The molecule has 4 aromatic rings. The third kappa shape index (κ3) is 3.84. The van der Waals surface area contributed by atoms with Gasteiger partial charge < -0.3 is 19.9 Å². The van der Waals surface area contributed by atoms with Crippen LogP contribution < -0.4 is 4.74 Å². The Morgan fingerprint density at radius 1 is 1.16 bits per heavy atom. The smallest absolute Gasteiger partial charge is 0.295 e. The van der Waals surface area contributed by atoms with E-state index in [0.717, 1.165) is 53.7 Å². The zero-order valence-electron chi connectivity index (χ0n) is 25.0. The Bertz CT molecular complexity index is 1780. The van der Waals surface area contributed by atoms with Crippen LogP contribution in [0.25, 0.3) is 22.8 Å². The van der Waals surface area contributed by atoms with Crippen LogP contribution >= 0.6 is 0 Å². The lowest BCUT2D eigenvalue weighted by Crippen LogP contribution is -2.62. The summed E-state index contributed by atoms with van der Waals surface area (Å²) in [7, 11) is 0.